The van der Waals surface area contributed by atoms with Gasteiger partial charge in [0, 0.05) is 12.3 Å². The van der Waals surface area contributed by atoms with Crippen LogP contribution in [0.4, 0.5) is 11.4 Å². The van der Waals surface area contributed by atoms with E-state index >= 15 is 0 Å². The van der Waals surface area contributed by atoms with Gasteiger partial charge in [-0.1, -0.05) is 6.07 Å². The van der Waals surface area contributed by atoms with Gasteiger partial charge in [-0.15, -0.1) is 0 Å². The van der Waals surface area contributed by atoms with Crippen molar-refractivity contribution < 1.29 is 8.42 Å². The van der Waals surface area contributed by atoms with Crippen molar-refractivity contribution in [3.63, 3.8) is 0 Å². The van der Waals surface area contributed by atoms with Crippen molar-refractivity contribution in [2.24, 2.45) is 0 Å². The average molecular weight is 253 g/mol. The van der Waals surface area contributed by atoms with Crippen LogP contribution in [0.3, 0.4) is 0 Å². The van der Waals surface area contributed by atoms with Crippen molar-refractivity contribution in [1.29, 1.82) is 5.26 Å². The van der Waals surface area contributed by atoms with Crippen LogP contribution in [0, 0.1) is 11.3 Å². The smallest absolute Gasteiger partial charge is 0.149 e. The van der Waals surface area contributed by atoms with E-state index in [1.54, 1.807) is 25.1 Å². The molecule has 0 spiro atoms. The molecule has 0 aliphatic heterocycles. The predicted molar refractivity (Wildman–Crippen MR) is 68.4 cm³/mol. The van der Waals surface area contributed by atoms with Crippen molar-refractivity contribution in [1.82, 2.24) is 0 Å². The number of anilines is 2. The average Bonchev–Trinajstić information content (AvgIpc) is 2.18. The summed E-state index contributed by atoms with van der Waals surface area (Å²) in [6, 6.07) is 6.74. The van der Waals surface area contributed by atoms with Gasteiger partial charge >= 0.3 is 0 Å². The number of benzene rings is 1. The molecule has 0 aliphatic carbocycles. The topological polar surface area (TPSA) is 96.0 Å². The molecule has 0 radical (unpaired) electrons. The fourth-order valence-electron chi connectivity index (χ4n) is 1.55. The third-order valence-electron chi connectivity index (χ3n) is 2.18. The van der Waals surface area contributed by atoms with Gasteiger partial charge in [0.1, 0.15) is 15.9 Å². The van der Waals surface area contributed by atoms with Crippen molar-refractivity contribution in [3.05, 3.63) is 23.8 Å². The zero-order chi connectivity index (χ0) is 13.1. The molecule has 92 valence electrons. The highest BCUT2D eigenvalue weighted by molar-refractivity contribution is 7.90. The molecule has 0 saturated carbocycles. The van der Waals surface area contributed by atoms with Crippen LogP contribution in [0.15, 0.2) is 18.2 Å². The summed E-state index contributed by atoms with van der Waals surface area (Å²) in [5.74, 6) is 0.0171. The van der Waals surface area contributed by atoms with Crippen LogP contribution in [0.1, 0.15) is 12.5 Å². The maximum atomic E-state index is 11.1. The molecule has 1 atom stereocenters. The van der Waals surface area contributed by atoms with Crippen molar-refractivity contribution in [2.45, 2.75) is 13.0 Å². The number of sulfone groups is 1. The van der Waals surface area contributed by atoms with E-state index in [0.29, 0.717) is 16.9 Å². The number of hydrogen-bond donors (Lipinski definition) is 2. The number of nitrogens with zero attached hydrogens (tertiary/aromatic N) is 1. The summed E-state index contributed by atoms with van der Waals surface area (Å²) in [7, 11) is -3.04. The van der Waals surface area contributed by atoms with Crippen molar-refractivity contribution in [3.8, 4) is 6.07 Å². The molecule has 3 N–H and O–H groups in total. The Kier molecular flexibility index (Phi) is 3.97. The quantitative estimate of drug-likeness (QED) is 0.780. The molecule has 0 amide bonds. The van der Waals surface area contributed by atoms with Gasteiger partial charge < -0.3 is 11.1 Å². The molecule has 0 saturated heterocycles. The summed E-state index contributed by atoms with van der Waals surface area (Å²) in [5.41, 5.74) is 7.07. The SMILES string of the molecule is CC(CS(C)(=O)=O)Nc1cccc(C#N)c1N. The Hall–Kier alpha value is -1.74. The lowest BCUT2D eigenvalue weighted by atomic mass is 10.1. The number of rotatable bonds is 4. The molecule has 1 unspecified atom stereocenters. The van der Waals surface area contributed by atoms with Crippen LogP contribution < -0.4 is 11.1 Å². The fourth-order valence-corrected chi connectivity index (χ4v) is 2.54. The molecule has 5 nitrogen and oxygen atoms in total. The number of nitrogens with one attached hydrogen (secondary N) is 1. The van der Waals surface area contributed by atoms with Crippen LogP contribution in [0.5, 0.6) is 0 Å². The Morgan fingerprint density at radius 2 is 2.18 bits per heavy atom. The van der Waals surface area contributed by atoms with Gasteiger partial charge in [-0.05, 0) is 19.1 Å². The first-order valence-corrected chi connectivity index (χ1v) is 7.12. The van der Waals surface area contributed by atoms with Gasteiger partial charge in [0.2, 0.25) is 0 Å². The van der Waals surface area contributed by atoms with Gasteiger partial charge in [-0.25, -0.2) is 8.42 Å². The van der Waals surface area contributed by atoms with E-state index in [-0.39, 0.29) is 11.8 Å². The minimum absolute atomic E-state index is 0.0171. The molecule has 0 aromatic heterocycles. The maximum Gasteiger partial charge on any atom is 0.149 e. The number of hydrogen-bond acceptors (Lipinski definition) is 5. The minimum Gasteiger partial charge on any atom is -0.396 e. The summed E-state index contributed by atoms with van der Waals surface area (Å²) < 4.78 is 22.2. The van der Waals surface area contributed by atoms with Gasteiger partial charge in [0.05, 0.1) is 22.7 Å². The standard InChI is InChI=1S/C11H15N3O2S/c1-8(7-17(2,15)16)14-10-5-3-4-9(6-12)11(10)13/h3-5,8,14H,7,13H2,1-2H3. The van der Waals surface area contributed by atoms with Gasteiger partial charge in [0.25, 0.3) is 0 Å². The van der Waals surface area contributed by atoms with E-state index in [1.165, 1.54) is 6.26 Å². The first kappa shape index (κ1) is 13.3. The highest BCUT2D eigenvalue weighted by Gasteiger charge is 2.12. The number of nitrogens with two attached hydrogens (primary N) is 1. The zero-order valence-electron chi connectivity index (χ0n) is 9.77. The summed E-state index contributed by atoms with van der Waals surface area (Å²) in [4.78, 5) is 0. The van der Waals surface area contributed by atoms with Crippen LogP contribution in [-0.2, 0) is 9.84 Å². The predicted octanol–water partition coefficient (Wildman–Crippen LogP) is 0.985. The van der Waals surface area contributed by atoms with E-state index in [1.807, 2.05) is 6.07 Å². The summed E-state index contributed by atoms with van der Waals surface area (Å²) in [5, 5.41) is 11.8. The highest BCUT2D eigenvalue weighted by Crippen LogP contribution is 2.22. The molecular weight excluding hydrogens is 238 g/mol. The molecule has 0 fully saturated rings. The molecule has 0 heterocycles. The molecule has 6 heteroatoms. The molecule has 1 rings (SSSR count). The van der Waals surface area contributed by atoms with E-state index in [0.717, 1.165) is 0 Å². The van der Waals surface area contributed by atoms with E-state index in [9.17, 15) is 8.42 Å². The largest absolute Gasteiger partial charge is 0.396 e. The lowest BCUT2D eigenvalue weighted by Crippen LogP contribution is -2.25. The highest BCUT2D eigenvalue weighted by atomic mass is 32.2. The zero-order valence-corrected chi connectivity index (χ0v) is 10.6. The summed E-state index contributed by atoms with van der Waals surface area (Å²) in [6.07, 6.45) is 1.18. The monoisotopic (exact) mass is 253 g/mol. The Morgan fingerprint density at radius 1 is 1.53 bits per heavy atom. The van der Waals surface area contributed by atoms with Crippen molar-refractivity contribution in [2.75, 3.05) is 23.1 Å². The Balaban J connectivity index is 2.86. The Bertz CT molecular complexity index is 546. The summed E-state index contributed by atoms with van der Waals surface area (Å²) >= 11 is 0. The third-order valence-corrected chi connectivity index (χ3v) is 3.29. The first-order chi connectivity index (χ1) is 7.83. The molecular formula is C11H15N3O2S. The number of para-hydroxylation sites is 1. The van der Waals surface area contributed by atoms with Crippen LogP contribution in [0.2, 0.25) is 0 Å². The first-order valence-electron chi connectivity index (χ1n) is 5.06. The van der Waals surface area contributed by atoms with Crippen LogP contribution in [-0.4, -0.2) is 26.5 Å². The molecule has 0 bridgehead atoms. The van der Waals surface area contributed by atoms with Gasteiger partial charge in [0.15, 0.2) is 0 Å². The van der Waals surface area contributed by atoms with E-state index in [4.69, 9.17) is 11.0 Å². The number of nitriles is 1. The molecule has 1 aromatic rings. The lowest BCUT2D eigenvalue weighted by Gasteiger charge is -2.16. The van der Waals surface area contributed by atoms with Crippen LogP contribution >= 0.6 is 0 Å². The van der Waals surface area contributed by atoms with Crippen LogP contribution in [0.25, 0.3) is 0 Å². The lowest BCUT2D eigenvalue weighted by molar-refractivity contribution is 0.598. The second kappa shape index (κ2) is 5.06. The maximum absolute atomic E-state index is 11.1. The minimum atomic E-state index is -3.04. The normalized spacial score (nSPS) is 12.8. The Morgan fingerprint density at radius 3 is 2.71 bits per heavy atom. The fraction of sp³-hybridized carbons (Fsp3) is 0.364. The number of nitrogen functional groups attached to an aromatic ring is 1. The van der Waals surface area contributed by atoms with E-state index < -0.39 is 9.84 Å². The van der Waals surface area contributed by atoms with Gasteiger partial charge in [-0.2, -0.15) is 5.26 Å². The molecule has 1 aromatic carbocycles. The van der Waals surface area contributed by atoms with Gasteiger partial charge in [-0.3, -0.25) is 0 Å². The Labute approximate surface area is 101 Å². The second-order valence-corrected chi connectivity index (χ2v) is 6.20. The second-order valence-electron chi connectivity index (χ2n) is 4.02. The molecule has 0 aliphatic rings. The summed E-state index contributed by atoms with van der Waals surface area (Å²) in [6.45, 7) is 1.75. The third kappa shape index (κ3) is 3.96. The van der Waals surface area contributed by atoms with E-state index in [2.05, 4.69) is 5.32 Å². The van der Waals surface area contributed by atoms with Crippen molar-refractivity contribution >= 4 is 21.2 Å². The molecule has 17 heavy (non-hydrogen) atoms.